The molecule has 0 saturated carbocycles. The topological polar surface area (TPSA) is 111 Å². The molecule has 18 heavy (non-hydrogen) atoms. The van der Waals surface area contributed by atoms with Crippen LogP contribution in [0.3, 0.4) is 0 Å². The third-order valence-electron chi connectivity index (χ3n) is 3.03. The predicted octanol–water partition coefficient (Wildman–Crippen LogP) is 0.794. The summed E-state index contributed by atoms with van der Waals surface area (Å²) in [6.07, 6.45) is 1.42. The molecule has 0 unspecified atom stereocenters. The zero-order valence-corrected chi connectivity index (χ0v) is 10.3. The number of nitrogens with one attached hydrogen (secondary N) is 1. The first-order chi connectivity index (χ1) is 8.59. The standard InChI is InChI=1S/C11H15N5O2/c1-3-11(12,4-2)10-13-9(18-16-10)7-5-6-8(17)15-14-7/h5-6H,3-4,12H2,1-2H3,(H,15,17). The van der Waals surface area contributed by atoms with Crippen molar-refractivity contribution in [2.75, 3.05) is 0 Å². The van der Waals surface area contributed by atoms with Gasteiger partial charge in [0.25, 0.3) is 11.4 Å². The van der Waals surface area contributed by atoms with Crippen molar-refractivity contribution in [1.29, 1.82) is 0 Å². The van der Waals surface area contributed by atoms with Gasteiger partial charge >= 0.3 is 0 Å². The zero-order chi connectivity index (χ0) is 13.2. The summed E-state index contributed by atoms with van der Waals surface area (Å²) in [5, 5.41) is 10.0. The molecule has 96 valence electrons. The van der Waals surface area contributed by atoms with Crippen LogP contribution in [-0.4, -0.2) is 20.3 Å². The van der Waals surface area contributed by atoms with E-state index in [4.69, 9.17) is 10.3 Å². The minimum atomic E-state index is -0.593. The summed E-state index contributed by atoms with van der Waals surface area (Å²) in [5.41, 5.74) is 5.71. The normalized spacial score (nSPS) is 11.7. The number of nitrogens with two attached hydrogens (primary N) is 1. The summed E-state index contributed by atoms with van der Waals surface area (Å²) >= 11 is 0. The van der Waals surface area contributed by atoms with E-state index >= 15 is 0 Å². The van der Waals surface area contributed by atoms with E-state index in [9.17, 15) is 4.79 Å². The lowest BCUT2D eigenvalue weighted by Gasteiger charge is -2.21. The molecule has 2 heterocycles. The monoisotopic (exact) mass is 249 g/mol. The second kappa shape index (κ2) is 4.69. The SMILES string of the molecule is CCC(N)(CC)c1noc(-c2ccc(=O)[nH]n2)n1. The number of H-pyrrole nitrogens is 1. The molecule has 7 nitrogen and oxygen atoms in total. The van der Waals surface area contributed by atoms with Crippen molar-refractivity contribution in [3.8, 4) is 11.6 Å². The third-order valence-corrected chi connectivity index (χ3v) is 3.03. The Morgan fingerprint density at radius 3 is 2.67 bits per heavy atom. The van der Waals surface area contributed by atoms with Gasteiger partial charge in [-0.05, 0) is 18.9 Å². The van der Waals surface area contributed by atoms with E-state index in [2.05, 4.69) is 20.3 Å². The van der Waals surface area contributed by atoms with E-state index < -0.39 is 5.54 Å². The molecule has 0 aliphatic heterocycles. The largest absolute Gasteiger partial charge is 0.332 e. The van der Waals surface area contributed by atoms with Gasteiger partial charge in [-0.1, -0.05) is 19.0 Å². The lowest BCUT2D eigenvalue weighted by atomic mass is 9.93. The van der Waals surface area contributed by atoms with Crippen LogP contribution >= 0.6 is 0 Å². The first-order valence-electron chi connectivity index (χ1n) is 5.78. The zero-order valence-electron chi connectivity index (χ0n) is 10.3. The van der Waals surface area contributed by atoms with Crippen molar-refractivity contribution in [3.05, 3.63) is 28.3 Å². The Morgan fingerprint density at radius 2 is 2.11 bits per heavy atom. The van der Waals surface area contributed by atoms with E-state index in [0.29, 0.717) is 24.4 Å². The Morgan fingerprint density at radius 1 is 1.39 bits per heavy atom. The highest BCUT2D eigenvalue weighted by Crippen LogP contribution is 2.24. The van der Waals surface area contributed by atoms with Gasteiger partial charge < -0.3 is 10.3 Å². The molecule has 0 atom stereocenters. The fraction of sp³-hybridized carbons (Fsp3) is 0.455. The van der Waals surface area contributed by atoms with Crippen LogP contribution in [0.1, 0.15) is 32.5 Å². The molecular weight excluding hydrogens is 234 g/mol. The van der Waals surface area contributed by atoms with Crippen LogP contribution in [-0.2, 0) is 5.54 Å². The molecule has 0 amide bonds. The van der Waals surface area contributed by atoms with Gasteiger partial charge in [0.15, 0.2) is 5.82 Å². The second-order valence-corrected chi connectivity index (χ2v) is 4.09. The van der Waals surface area contributed by atoms with Crippen LogP contribution in [0, 0.1) is 0 Å². The maximum absolute atomic E-state index is 10.9. The first kappa shape index (κ1) is 12.4. The summed E-state index contributed by atoms with van der Waals surface area (Å²) in [6, 6.07) is 2.87. The van der Waals surface area contributed by atoms with Gasteiger partial charge in [-0.25, -0.2) is 5.10 Å². The summed E-state index contributed by atoms with van der Waals surface area (Å²) < 4.78 is 5.11. The molecule has 0 aliphatic carbocycles. The average molecular weight is 249 g/mol. The first-order valence-corrected chi connectivity index (χ1v) is 5.78. The lowest BCUT2D eigenvalue weighted by Crippen LogP contribution is -2.36. The maximum Gasteiger partial charge on any atom is 0.278 e. The minimum absolute atomic E-state index is 0.248. The smallest absolute Gasteiger partial charge is 0.278 e. The van der Waals surface area contributed by atoms with Crippen LogP contribution in [0.5, 0.6) is 0 Å². The predicted molar refractivity (Wildman–Crippen MR) is 64.6 cm³/mol. The number of aromatic amines is 1. The van der Waals surface area contributed by atoms with Crippen molar-refractivity contribution in [2.24, 2.45) is 5.73 Å². The summed E-state index contributed by atoms with van der Waals surface area (Å²) in [6.45, 7) is 3.94. The van der Waals surface area contributed by atoms with Crippen LogP contribution in [0.2, 0.25) is 0 Å². The van der Waals surface area contributed by atoms with Gasteiger partial charge in [0.05, 0.1) is 5.54 Å². The van der Waals surface area contributed by atoms with E-state index in [1.165, 1.54) is 12.1 Å². The second-order valence-electron chi connectivity index (χ2n) is 4.09. The van der Waals surface area contributed by atoms with E-state index in [1.54, 1.807) is 0 Å². The molecule has 0 spiro atoms. The van der Waals surface area contributed by atoms with Crippen LogP contribution < -0.4 is 11.3 Å². The van der Waals surface area contributed by atoms with E-state index in [1.807, 2.05) is 13.8 Å². The average Bonchev–Trinajstić information content (AvgIpc) is 2.89. The van der Waals surface area contributed by atoms with Crippen molar-refractivity contribution < 1.29 is 4.52 Å². The minimum Gasteiger partial charge on any atom is -0.332 e. The highest BCUT2D eigenvalue weighted by Gasteiger charge is 2.29. The Bertz CT molecular complexity index is 565. The molecule has 0 aliphatic rings. The maximum atomic E-state index is 10.9. The van der Waals surface area contributed by atoms with E-state index in [-0.39, 0.29) is 11.4 Å². The van der Waals surface area contributed by atoms with Crippen LogP contribution in [0.4, 0.5) is 0 Å². The molecule has 2 rings (SSSR count). The van der Waals surface area contributed by atoms with Crippen molar-refractivity contribution in [2.45, 2.75) is 32.2 Å². The lowest BCUT2D eigenvalue weighted by molar-refractivity contribution is 0.350. The van der Waals surface area contributed by atoms with Crippen LogP contribution in [0.15, 0.2) is 21.5 Å². The van der Waals surface area contributed by atoms with Gasteiger partial charge in [-0.3, -0.25) is 4.79 Å². The highest BCUT2D eigenvalue weighted by atomic mass is 16.5. The van der Waals surface area contributed by atoms with Gasteiger partial charge in [-0.15, -0.1) is 0 Å². The van der Waals surface area contributed by atoms with Gasteiger partial charge in [-0.2, -0.15) is 10.1 Å². The van der Waals surface area contributed by atoms with E-state index in [0.717, 1.165) is 0 Å². The number of nitrogens with zero attached hydrogens (tertiary/aromatic N) is 3. The quantitative estimate of drug-likeness (QED) is 0.828. The van der Waals surface area contributed by atoms with Crippen molar-refractivity contribution >= 4 is 0 Å². The summed E-state index contributed by atoms with van der Waals surface area (Å²) in [5.74, 6) is 0.702. The molecule has 0 aromatic carbocycles. The fourth-order valence-corrected chi connectivity index (χ4v) is 1.56. The van der Waals surface area contributed by atoms with Gasteiger partial charge in [0.2, 0.25) is 0 Å². The van der Waals surface area contributed by atoms with Gasteiger partial charge in [0.1, 0.15) is 5.69 Å². The molecule has 0 fully saturated rings. The Kier molecular flexibility index (Phi) is 3.24. The van der Waals surface area contributed by atoms with Gasteiger partial charge in [0, 0.05) is 6.07 Å². The molecular formula is C11H15N5O2. The molecule has 2 aromatic rings. The van der Waals surface area contributed by atoms with Crippen molar-refractivity contribution in [1.82, 2.24) is 20.3 Å². The Hall–Kier alpha value is -2.02. The molecule has 2 aromatic heterocycles. The Labute approximate surface area is 103 Å². The number of hydrogen-bond donors (Lipinski definition) is 2. The number of aromatic nitrogens is 4. The molecule has 0 saturated heterocycles. The molecule has 0 radical (unpaired) electrons. The summed E-state index contributed by atoms with van der Waals surface area (Å²) in [7, 11) is 0. The van der Waals surface area contributed by atoms with Crippen LogP contribution in [0.25, 0.3) is 11.6 Å². The molecule has 7 heteroatoms. The molecule has 3 N–H and O–H groups in total. The fourth-order valence-electron chi connectivity index (χ4n) is 1.56. The van der Waals surface area contributed by atoms with Crippen molar-refractivity contribution in [3.63, 3.8) is 0 Å². The number of hydrogen-bond acceptors (Lipinski definition) is 6. The molecule has 0 bridgehead atoms. The Balaban J connectivity index is 2.36. The third kappa shape index (κ3) is 2.17. The summed E-state index contributed by atoms with van der Waals surface area (Å²) in [4.78, 5) is 15.1. The highest BCUT2D eigenvalue weighted by molar-refractivity contribution is 5.44. The number of rotatable bonds is 4.